The Balaban J connectivity index is 0.00000128. The van der Waals surface area contributed by atoms with E-state index in [1.807, 2.05) is 48.5 Å². The van der Waals surface area contributed by atoms with E-state index in [9.17, 15) is 4.91 Å². The van der Waals surface area contributed by atoms with Crippen LogP contribution >= 0.6 is 0 Å². The molecular weight excluding hydrogens is 212 g/mol. The van der Waals surface area contributed by atoms with Gasteiger partial charge in [0, 0.05) is 12.1 Å². The van der Waals surface area contributed by atoms with Crippen molar-refractivity contribution in [3.63, 3.8) is 0 Å². The van der Waals surface area contributed by atoms with Crippen molar-refractivity contribution >= 4 is 11.4 Å². The molecule has 0 unspecified atom stereocenters. The van der Waals surface area contributed by atoms with Crippen LogP contribution in [0.4, 0.5) is 11.4 Å². The van der Waals surface area contributed by atoms with Gasteiger partial charge in [0.1, 0.15) is 5.69 Å². The van der Waals surface area contributed by atoms with Crippen LogP contribution in [0.2, 0.25) is 0 Å². The van der Waals surface area contributed by atoms with Gasteiger partial charge in [-0.3, -0.25) is 0 Å². The lowest BCUT2D eigenvalue weighted by Crippen LogP contribution is -2.09. The molecule has 0 saturated heterocycles. The van der Waals surface area contributed by atoms with E-state index in [1.165, 1.54) is 0 Å². The smallest absolute Gasteiger partial charge is 0.114 e. The van der Waals surface area contributed by atoms with Gasteiger partial charge in [-0.05, 0) is 12.1 Å². The molecule has 0 aromatic heterocycles. The molecule has 90 valence electrons. The van der Waals surface area contributed by atoms with E-state index >= 15 is 0 Å². The predicted molar refractivity (Wildman–Crippen MR) is 73.3 cm³/mol. The lowest BCUT2D eigenvalue weighted by atomic mass is 10.3. The largest absolute Gasteiger partial charge is 0.292 e. The number of hydrogen-bond donors (Lipinski definition) is 1. The highest BCUT2D eigenvalue weighted by atomic mass is 16.3. The molecule has 0 fully saturated rings. The van der Waals surface area contributed by atoms with Gasteiger partial charge in [0.2, 0.25) is 0 Å². The van der Waals surface area contributed by atoms with E-state index in [2.05, 4.69) is 5.43 Å². The summed E-state index contributed by atoms with van der Waals surface area (Å²) in [6.07, 6.45) is 0. The molecule has 0 spiro atoms. The fourth-order valence-electron chi connectivity index (χ4n) is 1.26. The van der Waals surface area contributed by atoms with Crippen LogP contribution in [0.3, 0.4) is 0 Å². The lowest BCUT2D eigenvalue weighted by Gasteiger charge is -1.95. The highest BCUT2D eigenvalue weighted by Crippen LogP contribution is 2.12. The number of nitroso groups, excluding NO2 is 1. The van der Waals surface area contributed by atoms with E-state index in [-0.39, 0.29) is 14.9 Å². The van der Waals surface area contributed by atoms with E-state index < -0.39 is 0 Å². The standard InChI is InChI=1S/C12H11N2O.2CH4/c15-14(12-9-5-2-6-10-12)13-11-7-3-1-4-8-11;;/h1-10H,(H,13,15);2*1H4/q+1;;. The zero-order valence-electron chi connectivity index (χ0n) is 8.13. The first-order valence-corrected chi connectivity index (χ1v) is 4.70. The Morgan fingerprint density at radius 2 is 1.24 bits per heavy atom. The van der Waals surface area contributed by atoms with Gasteiger partial charge < -0.3 is 0 Å². The molecular formula is C14H19N2O+. The molecule has 2 aromatic carbocycles. The summed E-state index contributed by atoms with van der Waals surface area (Å²) in [6, 6.07) is 18.4. The molecule has 0 heterocycles. The maximum absolute atomic E-state index is 11.6. The number of nitrogens with zero attached hydrogens (tertiary/aromatic N) is 1. The van der Waals surface area contributed by atoms with Crippen molar-refractivity contribution in [1.29, 1.82) is 0 Å². The zero-order valence-corrected chi connectivity index (χ0v) is 8.13. The topological polar surface area (TPSA) is 32.1 Å². The van der Waals surface area contributed by atoms with Gasteiger partial charge in [-0.2, -0.15) is 0 Å². The molecule has 0 bridgehead atoms. The van der Waals surface area contributed by atoms with Crippen LogP contribution in [0, 0.1) is 4.91 Å². The zero-order chi connectivity index (χ0) is 10.5. The van der Waals surface area contributed by atoms with Crippen LogP contribution in [0.1, 0.15) is 14.9 Å². The van der Waals surface area contributed by atoms with Crippen molar-refractivity contribution in [3.8, 4) is 0 Å². The van der Waals surface area contributed by atoms with Gasteiger partial charge in [-0.25, -0.2) is 0 Å². The number of rotatable bonds is 3. The third kappa shape index (κ3) is 4.07. The fourth-order valence-corrected chi connectivity index (χ4v) is 1.26. The number of nitrogens with one attached hydrogen (secondary N) is 1. The molecule has 2 aromatic rings. The second-order valence-corrected chi connectivity index (χ2v) is 3.11. The predicted octanol–water partition coefficient (Wildman–Crippen LogP) is 4.40. The summed E-state index contributed by atoms with van der Waals surface area (Å²) in [6.45, 7) is 0. The van der Waals surface area contributed by atoms with Gasteiger partial charge in [-0.1, -0.05) is 51.3 Å². The van der Waals surface area contributed by atoms with Gasteiger partial charge in [-0.15, -0.1) is 5.43 Å². The summed E-state index contributed by atoms with van der Waals surface area (Å²) >= 11 is 0. The maximum atomic E-state index is 11.6. The number of para-hydroxylation sites is 2. The molecule has 17 heavy (non-hydrogen) atoms. The maximum Gasteiger partial charge on any atom is 0.292 e. The number of anilines is 1. The Morgan fingerprint density at radius 1 is 0.765 bits per heavy atom. The Kier molecular flexibility index (Phi) is 6.26. The van der Waals surface area contributed by atoms with Crippen LogP contribution in [0.25, 0.3) is 0 Å². The van der Waals surface area contributed by atoms with Gasteiger partial charge >= 0.3 is 0 Å². The monoisotopic (exact) mass is 231 g/mol. The summed E-state index contributed by atoms with van der Waals surface area (Å²) in [5.41, 5.74) is 4.09. The van der Waals surface area contributed by atoms with Crippen molar-refractivity contribution < 1.29 is 4.87 Å². The van der Waals surface area contributed by atoms with Crippen molar-refractivity contribution in [2.24, 2.45) is 0 Å². The molecule has 2 rings (SSSR count). The average molecular weight is 231 g/mol. The Morgan fingerprint density at radius 3 is 1.76 bits per heavy atom. The highest BCUT2D eigenvalue weighted by molar-refractivity contribution is 5.41. The van der Waals surface area contributed by atoms with Crippen molar-refractivity contribution in [2.75, 3.05) is 5.43 Å². The third-order valence-corrected chi connectivity index (χ3v) is 2.00. The average Bonchev–Trinajstić information content (AvgIpc) is 2.31. The number of benzene rings is 2. The Hall–Kier alpha value is -2.16. The van der Waals surface area contributed by atoms with Crippen LogP contribution in [-0.4, -0.2) is 4.87 Å². The molecule has 0 atom stereocenters. The first kappa shape index (κ1) is 14.8. The van der Waals surface area contributed by atoms with Crippen molar-refractivity contribution in [3.05, 3.63) is 65.6 Å². The van der Waals surface area contributed by atoms with Crippen LogP contribution in [-0.2, 0) is 0 Å². The normalized spacial score (nSPS) is 8.47. The molecule has 0 aliphatic carbocycles. The second kappa shape index (κ2) is 7.17. The SMILES string of the molecule is C.C.O=[N+](Nc1ccccc1)c1ccccc1. The lowest BCUT2D eigenvalue weighted by molar-refractivity contribution is -0.427. The fraction of sp³-hybridized carbons (Fsp3) is 0.143. The quantitative estimate of drug-likeness (QED) is 0.627. The minimum Gasteiger partial charge on any atom is -0.114 e. The first-order valence-electron chi connectivity index (χ1n) is 4.70. The minimum atomic E-state index is 0. The molecule has 0 aliphatic rings. The van der Waals surface area contributed by atoms with Crippen molar-refractivity contribution in [2.45, 2.75) is 14.9 Å². The van der Waals surface area contributed by atoms with Gasteiger partial charge in [0.25, 0.3) is 5.69 Å². The molecule has 0 saturated carbocycles. The van der Waals surface area contributed by atoms with E-state index in [4.69, 9.17) is 0 Å². The second-order valence-electron chi connectivity index (χ2n) is 3.11. The molecule has 0 aliphatic heterocycles. The highest BCUT2D eigenvalue weighted by Gasteiger charge is 2.11. The Labute approximate surface area is 103 Å². The van der Waals surface area contributed by atoms with Crippen LogP contribution in [0.5, 0.6) is 0 Å². The number of hydrogen-bond acceptors (Lipinski definition) is 1. The molecule has 1 N–H and O–H groups in total. The van der Waals surface area contributed by atoms with E-state index in [0.29, 0.717) is 5.69 Å². The summed E-state index contributed by atoms with van der Waals surface area (Å²) in [5.74, 6) is 0. The summed E-state index contributed by atoms with van der Waals surface area (Å²) in [7, 11) is 0. The molecule has 0 amide bonds. The number of hydrazine groups is 1. The molecule has 0 radical (unpaired) electrons. The Bertz CT molecular complexity index is 440. The van der Waals surface area contributed by atoms with Gasteiger partial charge in [0.05, 0.1) is 4.91 Å². The molecule has 3 heteroatoms. The van der Waals surface area contributed by atoms with Crippen molar-refractivity contribution in [1.82, 2.24) is 0 Å². The van der Waals surface area contributed by atoms with E-state index in [1.54, 1.807) is 12.1 Å². The van der Waals surface area contributed by atoms with E-state index in [0.717, 1.165) is 10.6 Å². The molecule has 3 nitrogen and oxygen atoms in total. The first-order chi connectivity index (χ1) is 7.36. The van der Waals surface area contributed by atoms with Gasteiger partial charge in [0.15, 0.2) is 4.87 Å². The third-order valence-electron chi connectivity index (χ3n) is 2.00. The summed E-state index contributed by atoms with van der Waals surface area (Å²) in [5, 5.41) is 0. The summed E-state index contributed by atoms with van der Waals surface area (Å²) < 4.78 is 0. The minimum absolute atomic E-state index is 0. The summed E-state index contributed by atoms with van der Waals surface area (Å²) in [4.78, 5) is 12.4. The van der Waals surface area contributed by atoms with Crippen LogP contribution in [0.15, 0.2) is 60.7 Å². The van der Waals surface area contributed by atoms with Crippen LogP contribution < -0.4 is 5.43 Å².